The molecule has 0 aliphatic carbocycles. The van der Waals surface area contributed by atoms with Crippen LogP contribution in [0, 0.1) is 0 Å². The predicted octanol–water partition coefficient (Wildman–Crippen LogP) is 0.321. The van der Waals surface area contributed by atoms with Gasteiger partial charge in [0.05, 0.1) is 6.61 Å². The first kappa shape index (κ1) is 17.1. The molecule has 3 atom stereocenters. The van der Waals surface area contributed by atoms with E-state index in [1.807, 2.05) is 0 Å². The molecular weight excluding hydrogens is 315 g/mol. The predicted molar refractivity (Wildman–Crippen MR) is 75.6 cm³/mol. The molecule has 2 aliphatic rings. The second-order valence-corrected chi connectivity index (χ2v) is 6.64. The van der Waals surface area contributed by atoms with Gasteiger partial charge < -0.3 is 29.3 Å². The lowest BCUT2D eigenvalue weighted by Crippen LogP contribution is -2.51. The molecule has 10 heteroatoms. The van der Waals surface area contributed by atoms with Crippen molar-refractivity contribution in [2.75, 3.05) is 20.1 Å². The molecule has 0 unspecified atom stereocenters. The number of amides is 2. The van der Waals surface area contributed by atoms with Crippen molar-refractivity contribution in [2.24, 2.45) is 0 Å². The highest BCUT2D eigenvalue weighted by atomic mass is 31.2. The summed E-state index contributed by atoms with van der Waals surface area (Å²) in [5, 5.41) is 2.60. The van der Waals surface area contributed by atoms with Gasteiger partial charge in [-0.2, -0.15) is 0 Å². The number of nitrogens with zero attached hydrogens (tertiary/aromatic N) is 1. The SMILES string of the molecule is C=C1NC(=O)N([C@@H]2OC[C@H](OCP(=O)(O)O)[C@H]2OC)C=C1C. The van der Waals surface area contributed by atoms with Gasteiger partial charge in [-0.15, -0.1) is 0 Å². The number of carbonyl (C=O) groups is 1. The minimum atomic E-state index is -4.29. The van der Waals surface area contributed by atoms with E-state index < -0.39 is 38.4 Å². The summed E-state index contributed by atoms with van der Waals surface area (Å²) in [5.41, 5.74) is 1.26. The Kier molecular flexibility index (Phi) is 5.06. The first-order chi connectivity index (χ1) is 10.2. The van der Waals surface area contributed by atoms with Crippen molar-refractivity contribution in [3.05, 3.63) is 24.0 Å². The van der Waals surface area contributed by atoms with Crippen molar-refractivity contribution in [1.29, 1.82) is 0 Å². The number of hydrogen-bond acceptors (Lipinski definition) is 5. The summed E-state index contributed by atoms with van der Waals surface area (Å²) in [6.45, 7) is 5.55. The summed E-state index contributed by atoms with van der Waals surface area (Å²) < 4.78 is 26.9. The molecule has 2 rings (SSSR count). The zero-order chi connectivity index (χ0) is 16.5. The van der Waals surface area contributed by atoms with E-state index in [-0.39, 0.29) is 6.61 Å². The molecule has 1 saturated heterocycles. The molecule has 2 aliphatic heterocycles. The average Bonchev–Trinajstić information content (AvgIpc) is 2.82. The van der Waals surface area contributed by atoms with Crippen molar-refractivity contribution >= 4 is 13.6 Å². The first-order valence-electron chi connectivity index (χ1n) is 6.50. The average molecular weight is 334 g/mol. The fraction of sp³-hybridized carbons (Fsp3) is 0.583. The molecule has 0 bridgehead atoms. The Morgan fingerprint density at radius 3 is 2.86 bits per heavy atom. The molecule has 22 heavy (non-hydrogen) atoms. The van der Waals surface area contributed by atoms with E-state index in [9.17, 15) is 9.36 Å². The molecular formula is C12H19N2O7P. The van der Waals surface area contributed by atoms with Crippen molar-refractivity contribution in [3.63, 3.8) is 0 Å². The minimum absolute atomic E-state index is 0.0563. The molecule has 0 spiro atoms. The molecule has 2 heterocycles. The number of methoxy groups -OCH3 is 1. The van der Waals surface area contributed by atoms with Crippen molar-refractivity contribution in [2.45, 2.75) is 25.4 Å². The molecule has 9 nitrogen and oxygen atoms in total. The van der Waals surface area contributed by atoms with Crippen LogP contribution in [0.5, 0.6) is 0 Å². The molecule has 2 amide bonds. The topological polar surface area (TPSA) is 118 Å². The van der Waals surface area contributed by atoms with E-state index in [0.29, 0.717) is 5.70 Å². The molecule has 0 aromatic rings. The Bertz CT molecular complexity index is 544. The van der Waals surface area contributed by atoms with Crippen LogP contribution in [0.3, 0.4) is 0 Å². The number of urea groups is 1. The van der Waals surface area contributed by atoms with Crippen LogP contribution in [0.4, 0.5) is 4.79 Å². The largest absolute Gasteiger partial charge is 0.374 e. The Labute approximate surface area is 127 Å². The van der Waals surface area contributed by atoms with E-state index in [1.165, 1.54) is 12.0 Å². The van der Waals surface area contributed by atoms with Gasteiger partial charge in [-0.25, -0.2) is 4.79 Å². The van der Waals surface area contributed by atoms with Gasteiger partial charge in [0, 0.05) is 19.0 Å². The second kappa shape index (κ2) is 6.49. The van der Waals surface area contributed by atoms with Gasteiger partial charge in [-0.1, -0.05) is 6.58 Å². The molecule has 1 fully saturated rings. The van der Waals surface area contributed by atoms with Crippen molar-refractivity contribution in [1.82, 2.24) is 10.2 Å². The summed E-state index contributed by atoms with van der Waals surface area (Å²) in [7, 11) is -2.87. The zero-order valence-corrected chi connectivity index (χ0v) is 13.2. The summed E-state index contributed by atoms with van der Waals surface area (Å²) >= 11 is 0. The van der Waals surface area contributed by atoms with Crippen molar-refractivity contribution in [3.8, 4) is 0 Å². The summed E-state index contributed by atoms with van der Waals surface area (Å²) in [5.74, 6) is 0. The van der Waals surface area contributed by atoms with Gasteiger partial charge in [0.15, 0.2) is 6.23 Å². The van der Waals surface area contributed by atoms with Crippen LogP contribution in [0.25, 0.3) is 0 Å². The van der Waals surface area contributed by atoms with E-state index in [0.717, 1.165) is 5.57 Å². The number of ether oxygens (including phenoxy) is 3. The minimum Gasteiger partial charge on any atom is -0.374 e. The van der Waals surface area contributed by atoms with Crippen LogP contribution in [0.15, 0.2) is 24.0 Å². The molecule has 0 saturated carbocycles. The van der Waals surface area contributed by atoms with Gasteiger partial charge in [-0.3, -0.25) is 9.46 Å². The highest BCUT2D eigenvalue weighted by Gasteiger charge is 2.44. The quantitative estimate of drug-likeness (QED) is 0.620. The van der Waals surface area contributed by atoms with Crippen LogP contribution in [-0.2, 0) is 18.8 Å². The third-order valence-electron chi connectivity index (χ3n) is 3.38. The van der Waals surface area contributed by atoms with E-state index in [4.69, 9.17) is 24.0 Å². The van der Waals surface area contributed by atoms with Gasteiger partial charge in [-0.05, 0) is 12.5 Å². The summed E-state index contributed by atoms with van der Waals surface area (Å²) in [6, 6.07) is -0.418. The molecule has 0 aromatic heterocycles. The molecule has 0 aromatic carbocycles. The Balaban J connectivity index is 2.11. The number of allylic oxidation sites excluding steroid dienone is 1. The maximum absolute atomic E-state index is 12.0. The molecule has 3 N–H and O–H groups in total. The normalized spacial score (nSPS) is 29.5. The fourth-order valence-corrected chi connectivity index (χ4v) is 2.62. The Morgan fingerprint density at radius 1 is 1.59 bits per heavy atom. The Hall–Kier alpha value is -1.22. The number of nitrogens with one attached hydrogen (secondary N) is 1. The lowest BCUT2D eigenvalue weighted by atomic mass is 10.1. The molecule has 0 radical (unpaired) electrons. The van der Waals surface area contributed by atoms with Crippen LogP contribution in [0.2, 0.25) is 0 Å². The zero-order valence-electron chi connectivity index (χ0n) is 12.3. The molecule has 124 valence electrons. The van der Waals surface area contributed by atoms with Gasteiger partial charge >= 0.3 is 13.6 Å². The Morgan fingerprint density at radius 2 is 2.27 bits per heavy atom. The summed E-state index contributed by atoms with van der Waals surface area (Å²) in [4.78, 5) is 31.1. The standard InChI is InChI=1S/C12H19N2O7P/c1-7-4-14(12(15)13-8(7)2)11-10(19-3)9(5-20-11)21-6-22(16,17)18/h4,9-11H,2,5-6H2,1,3H3,(H,13,15)(H2,16,17,18)/t9-,10+,11+/m0/s1. The maximum Gasteiger partial charge on any atom is 0.350 e. The van der Waals surface area contributed by atoms with Crippen LogP contribution in [0.1, 0.15) is 6.92 Å². The smallest absolute Gasteiger partial charge is 0.350 e. The first-order valence-corrected chi connectivity index (χ1v) is 8.30. The lowest BCUT2D eigenvalue weighted by molar-refractivity contribution is -0.0644. The maximum atomic E-state index is 12.0. The monoisotopic (exact) mass is 334 g/mol. The highest BCUT2D eigenvalue weighted by molar-refractivity contribution is 7.51. The van der Waals surface area contributed by atoms with Gasteiger partial charge in [0.1, 0.15) is 18.6 Å². The van der Waals surface area contributed by atoms with E-state index >= 15 is 0 Å². The van der Waals surface area contributed by atoms with Gasteiger partial charge in [0.25, 0.3) is 0 Å². The highest BCUT2D eigenvalue weighted by Crippen LogP contribution is 2.36. The van der Waals surface area contributed by atoms with Crippen LogP contribution in [-0.4, -0.2) is 59.2 Å². The van der Waals surface area contributed by atoms with Crippen LogP contribution < -0.4 is 5.32 Å². The third-order valence-corrected chi connectivity index (χ3v) is 3.87. The van der Waals surface area contributed by atoms with Crippen molar-refractivity contribution < 1.29 is 33.4 Å². The van der Waals surface area contributed by atoms with Gasteiger partial charge in [0.2, 0.25) is 0 Å². The fourth-order valence-electron chi connectivity index (χ4n) is 2.24. The number of carbonyl (C=O) groups excluding carboxylic acids is 1. The van der Waals surface area contributed by atoms with Crippen LogP contribution >= 0.6 is 7.60 Å². The van der Waals surface area contributed by atoms with E-state index in [1.54, 1.807) is 13.1 Å². The number of hydrogen-bond donors (Lipinski definition) is 3. The third kappa shape index (κ3) is 3.75. The second-order valence-electron chi connectivity index (χ2n) is 5.05. The lowest BCUT2D eigenvalue weighted by Gasteiger charge is -2.33. The van der Waals surface area contributed by atoms with E-state index in [2.05, 4.69) is 11.9 Å². The summed E-state index contributed by atoms with van der Waals surface area (Å²) in [6.07, 6.45) is -1.26. The number of rotatable bonds is 5.